The zero-order chi connectivity index (χ0) is 19.5. The lowest BCUT2D eigenvalue weighted by molar-refractivity contribution is -0.138. The first-order valence-corrected chi connectivity index (χ1v) is 10.5. The summed E-state index contributed by atoms with van der Waals surface area (Å²) in [5.74, 6) is 0.710. The van der Waals surface area contributed by atoms with Gasteiger partial charge in [0.25, 0.3) is 0 Å². The van der Waals surface area contributed by atoms with Gasteiger partial charge in [-0.2, -0.15) is 0 Å². The van der Waals surface area contributed by atoms with Crippen LogP contribution >= 0.6 is 11.6 Å². The zero-order valence-electron chi connectivity index (χ0n) is 16.4. The molecule has 2 saturated heterocycles. The molecule has 0 bridgehead atoms. The topological polar surface area (TPSA) is 49.3 Å². The smallest absolute Gasteiger partial charge is 0.225 e. The summed E-state index contributed by atoms with van der Waals surface area (Å²) < 4.78 is 0. The Balaban J connectivity index is 1.53. The molecular formula is C22H27ClN4O. The van der Waals surface area contributed by atoms with Crippen molar-refractivity contribution >= 4 is 17.5 Å². The van der Waals surface area contributed by atoms with Crippen LogP contribution in [0.5, 0.6) is 0 Å². The summed E-state index contributed by atoms with van der Waals surface area (Å²) in [5, 5.41) is 0.691. The van der Waals surface area contributed by atoms with Gasteiger partial charge < -0.3 is 9.80 Å². The molecule has 4 rings (SSSR count). The number of nitrogens with zero attached hydrogens (tertiary/aromatic N) is 4. The predicted octanol–water partition coefficient (Wildman–Crippen LogP) is 3.84. The molecule has 1 aromatic heterocycles. The Morgan fingerprint density at radius 2 is 1.89 bits per heavy atom. The number of carbonyl (C=O) groups is 1. The van der Waals surface area contributed by atoms with Gasteiger partial charge in [-0.05, 0) is 58.0 Å². The van der Waals surface area contributed by atoms with Crippen LogP contribution in [-0.4, -0.2) is 58.9 Å². The highest BCUT2D eigenvalue weighted by Crippen LogP contribution is 2.33. The highest BCUT2D eigenvalue weighted by atomic mass is 35.5. The number of halogens is 1. The molecule has 1 amide bonds. The van der Waals surface area contributed by atoms with Crippen molar-refractivity contribution in [3.05, 3.63) is 47.4 Å². The van der Waals surface area contributed by atoms with Crippen molar-refractivity contribution in [3.63, 3.8) is 0 Å². The van der Waals surface area contributed by atoms with Crippen LogP contribution in [0.3, 0.4) is 0 Å². The first-order valence-electron chi connectivity index (χ1n) is 10.2. The van der Waals surface area contributed by atoms with Crippen LogP contribution in [0.2, 0.25) is 5.02 Å². The van der Waals surface area contributed by atoms with E-state index in [4.69, 9.17) is 11.6 Å². The highest BCUT2D eigenvalue weighted by molar-refractivity contribution is 6.30. The maximum atomic E-state index is 13.1. The summed E-state index contributed by atoms with van der Waals surface area (Å²) in [6.07, 6.45) is 7.45. The normalized spacial score (nSPS) is 21.6. The Morgan fingerprint density at radius 1 is 1.11 bits per heavy atom. The monoisotopic (exact) mass is 398 g/mol. The molecular weight excluding hydrogens is 372 g/mol. The molecule has 28 heavy (non-hydrogen) atoms. The number of amides is 1. The summed E-state index contributed by atoms with van der Waals surface area (Å²) in [7, 11) is 2.13. The van der Waals surface area contributed by atoms with Gasteiger partial charge in [-0.25, -0.2) is 0 Å². The molecule has 6 heteroatoms. The summed E-state index contributed by atoms with van der Waals surface area (Å²) >= 11 is 6.19. The number of hydrogen-bond donors (Lipinski definition) is 0. The van der Waals surface area contributed by atoms with Crippen LogP contribution in [0.15, 0.2) is 36.7 Å². The maximum absolute atomic E-state index is 13.1. The second-order valence-corrected chi connectivity index (χ2v) is 8.44. The van der Waals surface area contributed by atoms with E-state index in [-0.39, 0.29) is 11.8 Å². The van der Waals surface area contributed by atoms with Gasteiger partial charge in [-0.15, -0.1) is 0 Å². The van der Waals surface area contributed by atoms with Gasteiger partial charge in [0.2, 0.25) is 5.91 Å². The van der Waals surface area contributed by atoms with Crippen LogP contribution in [0.4, 0.5) is 0 Å². The fraction of sp³-hybridized carbons (Fsp3) is 0.500. The van der Waals surface area contributed by atoms with Gasteiger partial charge in [0.15, 0.2) is 0 Å². The number of piperidine rings is 2. The lowest BCUT2D eigenvalue weighted by Gasteiger charge is -2.37. The van der Waals surface area contributed by atoms with Crippen molar-refractivity contribution in [1.29, 1.82) is 0 Å². The molecule has 5 nitrogen and oxygen atoms in total. The Kier molecular flexibility index (Phi) is 5.93. The number of aromatic nitrogens is 2. The van der Waals surface area contributed by atoms with E-state index in [2.05, 4.69) is 26.8 Å². The molecule has 2 aliphatic rings. The standard InChI is InChI=1S/C22H27ClN4O/c1-26-12-7-16(8-13-26)22(28)27-11-3-5-18(15-27)21-20(24-9-10-25-21)17-4-2-6-19(23)14-17/h2,4,6,9-10,14,16,18H,3,5,7-8,11-13,15H2,1H3. The molecule has 2 aromatic rings. The molecule has 3 heterocycles. The molecule has 0 N–H and O–H groups in total. The Labute approximate surface area is 171 Å². The number of carbonyl (C=O) groups excluding carboxylic acids is 1. The van der Waals surface area contributed by atoms with E-state index in [0.717, 1.165) is 68.8 Å². The minimum absolute atomic E-state index is 0.171. The third-order valence-electron chi connectivity index (χ3n) is 6.01. The van der Waals surface area contributed by atoms with Gasteiger partial charge in [0.05, 0.1) is 11.4 Å². The first-order chi connectivity index (χ1) is 13.6. The van der Waals surface area contributed by atoms with E-state index in [1.165, 1.54) is 0 Å². The lowest BCUT2D eigenvalue weighted by atomic mass is 9.89. The van der Waals surface area contributed by atoms with Gasteiger partial charge >= 0.3 is 0 Å². The molecule has 1 unspecified atom stereocenters. The molecule has 0 saturated carbocycles. The van der Waals surface area contributed by atoms with Crippen molar-refractivity contribution in [2.24, 2.45) is 5.92 Å². The van der Waals surface area contributed by atoms with Crippen LogP contribution in [0, 0.1) is 5.92 Å². The van der Waals surface area contributed by atoms with E-state index >= 15 is 0 Å². The third-order valence-corrected chi connectivity index (χ3v) is 6.25. The largest absolute Gasteiger partial charge is 0.342 e. The summed E-state index contributed by atoms with van der Waals surface area (Å²) in [4.78, 5) is 26.7. The van der Waals surface area contributed by atoms with Crippen LogP contribution in [0.1, 0.15) is 37.3 Å². The van der Waals surface area contributed by atoms with Gasteiger partial charge in [-0.3, -0.25) is 14.8 Å². The molecule has 148 valence electrons. The molecule has 1 atom stereocenters. The van der Waals surface area contributed by atoms with Crippen LogP contribution < -0.4 is 0 Å². The molecule has 0 spiro atoms. The summed E-state index contributed by atoms with van der Waals surface area (Å²) in [6, 6.07) is 7.75. The van der Waals surface area contributed by atoms with E-state index in [0.29, 0.717) is 10.9 Å². The molecule has 1 aromatic carbocycles. The number of hydrogen-bond acceptors (Lipinski definition) is 4. The van der Waals surface area contributed by atoms with E-state index < -0.39 is 0 Å². The van der Waals surface area contributed by atoms with Crippen molar-refractivity contribution in [2.75, 3.05) is 33.2 Å². The minimum atomic E-state index is 0.171. The predicted molar refractivity (Wildman–Crippen MR) is 111 cm³/mol. The van der Waals surface area contributed by atoms with Gasteiger partial charge in [0, 0.05) is 47.9 Å². The van der Waals surface area contributed by atoms with Crippen LogP contribution in [-0.2, 0) is 4.79 Å². The first kappa shape index (κ1) is 19.3. The zero-order valence-corrected chi connectivity index (χ0v) is 17.1. The molecule has 2 aliphatic heterocycles. The van der Waals surface area contributed by atoms with Crippen molar-refractivity contribution in [1.82, 2.24) is 19.8 Å². The second-order valence-electron chi connectivity index (χ2n) is 8.00. The Morgan fingerprint density at radius 3 is 2.68 bits per heavy atom. The number of benzene rings is 1. The molecule has 2 fully saturated rings. The third kappa shape index (κ3) is 4.20. The fourth-order valence-corrected chi connectivity index (χ4v) is 4.61. The summed E-state index contributed by atoms with van der Waals surface area (Å²) in [6.45, 7) is 3.61. The molecule has 0 aliphatic carbocycles. The van der Waals surface area contributed by atoms with E-state index in [1.54, 1.807) is 12.4 Å². The quantitative estimate of drug-likeness (QED) is 0.788. The lowest BCUT2D eigenvalue weighted by Crippen LogP contribution is -2.45. The van der Waals surface area contributed by atoms with Gasteiger partial charge in [0.1, 0.15) is 0 Å². The van der Waals surface area contributed by atoms with Crippen molar-refractivity contribution < 1.29 is 4.79 Å². The van der Waals surface area contributed by atoms with Crippen LogP contribution in [0.25, 0.3) is 11.3 Å². The second kappa shape index (κ2) is 8.58. The Bertz CT molecular complexity index is 835. The maximum Gasteiger partial charge on any atom is 0.225 e. The minimum Gasteiger partial charge on any atom is -0.342 e. The number of likely N-dealkylation sites (tertiary alicyclic amines) is 2. The van der Waals surface area contributed by atoms with Crippen molar-refractivity contribution in [3.8, 4) is 11.3 Å². The average Bonchev–Trinajstić information content (AvgIpc) is 2.74. The van der Waals surface area contributed by atoms with Crippen molar-refractivity contribution in [2.45, 2.75) is 31.6 Å². The fourth-order valence-electron chi connectivity index (χ4n) is 4.42. The van der Waals surface area contributed by atoms with Gasteiger partial charge in [-0.1, -0.05) is 23.7 Å². The van der Waals surface area contributed by atoms with E-state index in [1.807, 2.05) is 24.3 Å². The number of rotatable bonds is 3. The SMILES string of the molecule is CN1CCC(C(=O)N2CCCC(c3nccnc3-c3cccc(Cl)c3)C2)CC1. The Hall–Kier alpha value is -1.98. The van der Waals surface area contributed by atoms with E-state index in [9.17, 15) is 4.79 Å². The summed E-state index contributed by atoms with van der Waals surface area (Å²) in [5.41, 5.74) is 2.84. The average molecular weight is 399 g/mol. The highest BCUT2D eigenvalue weighted by Gasteiger charge is 2.32. The molecule has 0 radical (unpaired) electrons.